The molecule has 0 bridgehead atoms. The lowest BCUT2D eigenvalue weighted by Gasteiger charge is -2.00. The van der Waals surface area contributed by atoms with Crippen molar-refractivity contribution in [2.24, 2.45) is 0 Å². The zero-order chi connectivity index (χ0) is 7.40. The van der Waals surface area contributed by atoms with E-state index in [1.54, 1.807) is 4.68 Å². The summed E-state index contributed by atoms with van der Waals surface area (Å²) < 4.78 is 6.83. The molecule has 10 heavy (non-hydrogen) atoms. The van der Waals surface area contributed by atoms with Gasteiger partial charge in [-0.2, -0.15) is 5.10 Å². The quantitative estimate of drug-likeness (QED) is 0.618. The summed E-state index contributed by atoms with van der Waals surface area (Å²) in [5.74, 6) is 0.883. The van der Waals surface area contributed by atoms with Crippen molar-refractivity contribution in [2.45, 2.75) is 20.6 Å². The lowest BCUT2D eigenvalue weighted by molar-refractivity contribution is 0.0774. The van der Waals surface area contributed by atoms with Gasteiger partial charge in [0.15, 0.2) is 0 Å². The number of hydrogen-bond donors (Lipinski definition) is 0. The van der Waals surface area contributed by atoms with Crippen molar-refractivity contribution in [1.29, 1.82) is 0 Å². The van der Waals surface area contributed by atoms with Gasteiger partial charge in [-0.25, -0.2) is 9.67 Å². The fourth-order valence-electron chi connectivity index (χ4n) is 0.626. The van der Waals surface area contributed by atoms with Crippen LogP contribution < -0.4 is 0 Å². The van der Waals surface area contributed by atoms with Crippen molar-refractivity contribution < 1.29 is 4.74 Å². The average molecular weight is 141 g/mol. The van der Waals surface area contributed by atoms with Gasteiger partial charge in [-0.05, 0) is 13.8 Å². The van der Waals surface area contributed by atoms with E-state index in [-0.39, 0.29) is 0 Å². The van der Waals surface area contributed by atoms with Crippen LogP contribution >= 0.6 is 0 Å². The molecule has 1 aromatic rings. The fourth-order valence-corrected chi connectivity index (χ4v) is 0.626. The number of aryl methyl sites for hydroxylation is 1. The molecular weight excluding hydrogens is 130 g/mol. The molecule has 0 saturated carbocycles. The van der Waals surface area contributed by atoms with E-state index in [2.05, 4.69) is 10.1 Å². The maximum Gasteiger partial charge on any atom is 0.141 e. The van der Waals surface area contributed by atoms with Gasteiger partial charge in [0, 0.05) is 6.61 Å². The molecule has 1 heterocycles. The van der Waals surface area contributed by atoms with E-state index >= 15 is 0 Å². The number of nitrogens with zero attached hydrogens (tertiary/aromatic N) is 3. The summed E-state index contributed by atoms with van der Waals surface area (Å²) >= 11 is 0. The Labute approximate surface area is 59.8 Å². The first-order valence-electron chi connectivity index (χ1n) is 3.26. The molecule has 56 valence electrons. The largest absolute Gasteiger partial charge is 0.359 e. The fraction of sp³-hybridized carbons (Fsp3) is 0.667. The second-order valence-electron chi connectivity index (χ2n) is 1.93. The van der Waals surface area contributed by atoms with E-state index in [1.165, 1.54) is 6.33 Å². The molecule has 4 nitrogen and oxygen atoms in total. The Morgan fingerprint density at radius 3 is 3.00 bits per heavy atom. The number of rotatable bonds is 3. The summed E-state index contributed by atoms with van der Waals surface area (Å²) in [5, 5.41) is 3.93. The van der Waals surface area contributed by atoms with Crippen LogP contribution in [0.25, 0.3) is 0 Å². The van der Waals surface area contributed by atoms with Gasteiger partial charge in [-0.1, -0.05) is 0 Å². The zero-order valence-corrected chi connectivity index (χ0v) is 6.24. The Bertz CT molecular complexity index is 197. The number of hydrogen-bond acceptors (Lipinski definition) is 3. The van der Waals surface area contributed by atoms with Crippen LogP contribution in [0.5, 0.6) is 0 Å². The van der Waals surface area contributed by atoms with E-state index < -0.39 is 0 Å². The van der Waals surface area contributed by atoms with Crippen LogP contribution in [0.3, 0.4) is 0 Å². The topological polar surface area (TPSA) is 39.9 Å². The average Bonchev–Trinajstić information content (AvgIpc) is 2.31. The van der Waals surface area contributed by atoms with Crippen LogP contribution in [0.4, 0.5) is 0 Å². The first-order chi connectivity index (χ1) is 4.84. The van der Waals surface area contributed by atoms with Crippen LogP contribution in [0.1, 0.15) is 12.7 Å². The Kier molecular flexibility index (Phi) is 2.39. The van der Waals surface area contributed by atoms with Crippen molar-refractivity contribution in [2.75, 3.05) is 6.61 Å². The van der Waals surface area contributed by atoms with Crippen molar-refractivity contribution in [3.8, 4) is 0 Å². The molecule has 0 spiro atoms. The number of ether oxygens (including phenoxy) is 1. The molecule has 0 unspecified atom stereocenters. The molecule has 4 heteroatoms. The monoisotopic (exact) mass is 141 g/mol. The Balaban J connectivity index is 2.49. The molecule has 0 N–H and O–H groups in total. The maximum absolute atomic E-state index is 5.12. The van der Waals surface area contributed by atoms with Crippen molar-refractivity contribution >= 4 is 0 Å². The Morgan fingerprint density at radius 2 is 2.50 bits per heavy atom. The van der Waals surface area contributed by atoms with Crippen molar-refractivity contribution in [1.82, 2.24) is 14.8 Å². The second-order valence-corrected chi connectivity index (χ2v) is 1.93. The minimum atomic E-state index is 0.502. The standard InChI is InChI=1S/C6H11N3O/c1-3-10-5-9-6(2)7-4-8-9/h4H,3,5H2,1-2H3. The third-order valence-corrected chi connectivity index (χ3v) is 1.23. The summed E-state index contributed by atoms with van der Waals surface area (Å²) in [4.78, 5) is 3.94. The second kappa shape index (κ2) is 3.31. The molecule has 0 atom stereocenters. The Hall–Kier alpha value is -0.900. The molecule has 1 rings (SSSR count). The third kappa shape index (κ3) is 1.54. The van der Waals surface area contributed by atoms with Gasteiger partial charge in [-0.15, -0.1) is 0 Å². The van der Waals surface area contributed by atoms with E-state index in [4.69, 9.17) is 4.74 Å². The predicted molar refractivity (Wildman–Crippen MR) is 36.4 cm³/mol. The molecule has 0 aliphatic carbocycles. The van der Waals surface area contributed by atoms with Crippen LogP contribution in [-0.4, -0.2) is 21.4 Å². The van der Waals surface area contributed by atoms with Crippen LogP contribution in [0.2, 0.25) is 0 Å². The van der Waals surface area contributed by atoms with Crippen molar-refractivity contribution in [3.05, 3.63) is 12.2 Å². The smallest absolute Gasteiger partial charge is 0.141 e. The minimum Gasteiger partial charge on any atom is -0.359 e. The minimum absolute atomic E-state index is 0.502. The molecule has 0 fully saturated rings. The molecule has 0 aliphatic rings. The molecular formula is C6H11N3O. The summed E-state index contributed by atoms with van der Waals surface area (Å²) in [7, 11) is 0. The van der Waals surface area contributed by atoms with E-state index in [0.29, 0.717) is 13.3 Å². The van der Waals surface area contributed by atoms with Gasteiger partial charge in [0.2, 0.25) is 0 Å². The predicted octanol–water partition coefficient (Wildman–Crippen LogP) is 0.581. The number of aromatic nitrogens is 3. The Morgan fingerprint density at radius 1 is 1.70 bits per heavy atom. The molecule has 0 aromatic carbocycles. The lowest BCUT2D eigenvalue weighted by Crippen LogP contribution is -2.05. The SMILES string of the molecule is CCOCn1ncnc1C. The zero-order valence-electron chi connectivity index (χ0n) is 6.24. The molecule has 1 aromatic heterocycles. The van der Waals surface area contributed by atoms with Crippen LogP contribution in [-0.2, 0) is 11.5 Å². The van der Waals surface area contributed by atoms with Crippen LogP contribution in [0.15, 0.2) is 6.33 Å². The summed E-state index contributed by atoms with van der Waals surface area (Å²) in [6.07, 6.45) is 1.52. The van der Waals surface area contributed by atoms with Crippen molar-refractivity contribution in [3.63, 3.8) is 0 Å². The highest BCUT2D eigenvalue weighted by molar-refractivity contribution is 4.76. The normalized spacial score (nSPS) is 10.2. The highest BCUT2D eigenvalue weighted by Crippen LogP contribution is 1.90. The summed E-state index contributed by atoms with van der Waals surface area (Å²) in [6, 6.07) is 0. The lowest BCUT2D eigenvalue weighted by atomic mass is 10.7. The third-order valence-electron chi connectivity index (χ3n) is 1.23. The van der Waals surface area contributed by atoms with Gasteiger partial charge in [0.1, 0.15) is 18.9 Å². The summed E-state index contributed by atoms with van der Waals surface area (Å²) in [5.41, 5.74) is 0. The summed E-state index contributed by atoms with van der Waals surface area (Å²) in [6.45, 7) is 5.06. The first-order valence-corrected chi connectivity index (χ1v) is 3.26. The van der Waals surface area contributed by atoms with Gasteiger partial charge in [-0.3, -0.25) is 0 Å². The van der Waals surface area contributed by atoms with E-state index in [1.807, 2.05) is 13.8 Å². The molecule has 0 amide bonds. The van der Waals surface area contributed by atoms with Gasteiger partial charge < -0.3 is 4.74 Å². The van der Waals surface area contributed by atoms with E-state index in [9.17, 15) is 0 Å². The van der Waals surface area contributed by atoms with Crippen LogP contribution in [0, 0.1) is 6.92 Å². The molecule has 0 radical (unpaired) electrons. The van der Waals surface area contributed by atoms with Gasteiger partial charge >= 0.3 is 0 Å². The van der Waals surface area contributed by atoms with Gasteiger partial charge in [0.05, 0.1) is 0 Å². The first kappa shape index (κ1) is 7.21. The highest BCUT2D eigenvalue weighted by Gasteiger charge is 1.94. The van der Waals surface area contributed by atoms with Gasteiger partial charge in [0.25, 0.3) is 0 Å². The maximum atomic E-state index is 5.12. The molecule has 0 saturated heterocycles. The highest BCUT2D eigenvalue weighted by atomic mass is 16.5. The molecule has 0 aliphatic heterocycles. The van der Waals surface area contributed by atoms with E-state index in [0.717, 1.165) is 5.82 Å².